The molecular weight excluding hydrogens is 611 g/mol. The Morgan fingerprint density at radius 3 is 2.07 bits per heavy atom. The van der Waals surface area contributed by atoms with Gasteiger partial charge in [0.25, 0.3) is 9.05 Å². The monoisotopic (exact) mass is 630 g/mol. The van der Waals surface area contributed by atoms with Crippen LogP contribution in [0.2, 0.25) is 0 Å². The largest absolute Gasteiger partial charge is 0.455 e. The SMILES string of the molecule is CC1(S(=O)(=O)Cl)C=CC=C(Nc2cc(Oc3ccc(S(=O)(=O)Cl)cc3)c(N)c3c2C(=O)c2ccccc2C3=O)C=C1. The molecule has 0 amide bonds. The summed E-state index contributed by atoms with van der Waals surface area (Å²) >= 11 is 0. The van der Waals surface area contributed by atoms with E-state index >= 15 is 0 Å². The van der Waals surface area contributed by atoms with Gasteiger partial charge in [-0.3, -0.25) is 9.59 Å². The van der Waals surface area contributed by atoms with Crippen molar-refractivity contribution in [2.75, 3.05) is 11.1 Å². The van der Waals surface area contributed by atoms with E-state index < -0.39 is 34.4 Å². The van der Waals surface area contributed by atoms with Gasteiger partial charge in [-0.25, -0.2) is 16.8 Å². The summed E-state index contributed by atoms with van der Waals surface area (Å²) in [6, 6.07) is 13.0. The highest BCUT2D eigenvalue weighted by Crippen LogP contribution is 2.43. The molecule has 9 nitrogen and oxygen atoms in total. The van der Waals surface area contributed by atoms with E-state index in [0.29, 0.717) is 5.70 Å². The predicted molar refractivity (Wildman–Crippen MR) is 157 cm³/mol. The van der Waals surface area contributed by atoms with Gasteiger partial charge in [-0.1, -0.05) is 42.5 Å². The van der Waals surface area contributed by atoms with Crippen LogP contribution in [0.3, 0.4) is 0 Å². The first-order valence-corrected chi connectivity index (χ1v) is 16.5. The van der Waals surface area contributed by atoms with Crippen molar-refractivity contribution in [3.8, 4) is 11.5 Å². The maximum Gasteiger partial charge on any atom is 0.261 e. The lowest BCUT2D eigenvalue weighted by Gasteiger charge is -2.24. The molecule has 2 aliphatic rings. The third-order valence-corrected chi connectivity index (χ3v) is 10.3. The lowest BCUT2D eigenvalue weighted by molar-refractivity contribution is 0.0980. The third kappa shape index (κ3) is 5.29. The van der Waals surface area contributed by atoms with Gasteiger partial charge in [-0.2, -0.15) is 0 Å². The van der Waals surface area contributed by atoms with Crippen LogP contribution in [0, 0.1) is 0 Å². The van der Waals surface area contributed by atoms with Crippen molar-refractivity contribution in [3.63, 3.8) is 0 Å². The molecule has 0 bridgehead atoms. The molecule has 0 fully saturated rings. The molecule has 0 radical (unpaired) electrons. The predicted octanol–water partition coefficient (Wildman–Crippen LogP) is 5.51. The van der Waals surface area contributed by atoms with Crippen LogP contribution in [0.1, 0.15) is 38.8 Å². The lowest BCUT2D eigenvalue weighted by atomic mass is 9.82. The molecule has 41 heavy (non-hydrogen) atoms. The Morgan fingerprint density at radius 1 is 0.878 bits per heavy atom. The number of nitrogens with two attached hydrogens (primary N) is 1. The standard InChI is InChI=1S/C28H20Cl2N2O7S2/c1-28(41(30,37)38)13-4-5-16(12-14-28)32-21-15-22(39-17-8-10-18(11-9-17)40(29,35)36)25(31)24-23(21)26(33)19-6-2-3-7-20(19)27(24)34/h2-15,32H,31H2,1H3. The molecule has 0 aromatic heterocycles. The van der Waals surface area contributed by atoms with Gasteiger partial charge in [0.15, 0.2) is 17.3 Å². The van der Waals surface area contributed by atoms with Crippen molar-refractivity contribution >= 4 is 62.4 Å². The van der Waals surface area contributed by atoms with E-state index in [-0.39, 0.29) is 50.0 Å². The van der Waals surface area contributed by atoms with Crippen LogP contribution >= 0.6 is 21.4 Å². The molecule has 1 atom stereocenters. The van der Waals surface area contributed by atoms with Crippen LogP contribution in [0.15, 0.2) is 95.6 Å². The fourth-order valence-corrected chi connectivity index (χ4v) is 5.93. The number of fused-ring (bicyclic) bond motifs is 2. The van der Waals surface area contributed by atoms with Crippen LogP contribution < -0.4 is 15.8 Å². The fourth-order valence-electron chi connectivity index (χ4n) is 4.38. The fraction of sp³-hybridized carbons (Fsp3) is 0.0714. The molecule has 5 rings (SSSR count). The number of ether oxygens (including phenoxy) is 1. The zero-order valence-electron chi connectivity index (χ0n) is 21.1. The molecule has 3 aromatic rings. The minimum absolute atomic E-state index is 0.00943. The van der Waals surface area contributed by atoms with E-state index in [9.17, 15) is 26.4 Å². The van der Waals surface area contributed by atoms with Gasteiger partial charge in [0, 0.05) is 44.3 Å². The van der Waals surface area contributed by atoms with Gasteiger partial charge in [0.2, 0.25) is 9.05 Å². The first kappa shape index (κ1) is 28.6. The van der Waals surface area contributed by atoms with Crippen molar-refractivity contribution < 1.29 is 31.2 Å². The number of ketones is 2. The number of rotatable bonds is 6. The summed E-state index contributed by atoms with van der Waals surface area (Å²) < 4.78 is 51.9. The zero-order chi connectivity index (χ0) is 29.7. The summed E-state index contributed by atoms with van der Waals surface area (Å²) in [5.74, 6) is -0.748. The van der Waals surface area contributed by atoms with Crippen LogP contribution in [0.4, 0.5) is 11.4 Å². The minimum atomic E-state index is -4.01. The van der Waals surface area contributed by atoms with Crippen molar-refractivity contribution in [2.45, 2.75) is 16.6 Å². The molecular formula is C28H20Cl2N2O7S2. The second kappa shape index (κ2) is 10.2. The molecule has 1 unspecified atom stereocenters. The molecule has 0 saturated heterocycles. The smallest absolute Gasteiger partial charge is 0.261 e. The topological polar surface area (TPSA) is 150 Å². The Kier molecular flexibility index (Phi) is 7.11. The first-order chi connectivity index (χ1) is 19.2. The molecule has 0 aliphatic heterocycles. The first-order valence-electron chi connectivity index (χ1n) is 11.9. The summed E-state index contributed by atoms with van der Waals surface area (Å²) in [5.41, 5.74) is 7.16. The van der Waals surface area contributed by atoms with Crippen molar-refractivity contribution in [1.29, 1.82) is 0 Å². The van der Waals surface area contributed by atoms with E-state index in [4.69, 9.17) is 31.8 Å². The average molecular weight is 632 g/mol. The Morgan fingerprint density at radius 2 is 1.49 bits per heavy atom. The maximum atomic E-state index is 13.7. The molecule has 3 aromatic carbocycles. The Balaban J connectivity index is 1.63. The lowest BCUT2D eigenvalue weighted by Crippen LogP contribution is -2.26. The quantitative estimate of drug-likeness (QED) is 0.207. The molecule has 2 aliphatic carbocycles. The highest BCUT2D eigenvalue weighted by molar-refractivity contribution is 8.15. The summed E-state index contributed by atoms with van der Waals surface area (Å²) in [6.45, 7) is 1.43. The number of benzene rings is 3. The van der Waals surface area contributed by atoms with Gasteiger partial charge < -0.3 is 15.8 Å². The van der Waals surface area contributed by atoms with Crippen LogP contribution in [-0.4, -0.2) is 33.1 Å². The third-order valence-electron chi connectivity index (χ3n) is 6.63. The highest BCUT2D eigenvalue weighted by Gasteiger charge is 2.36. The number of nitrogens with one attached hydrogen (secondary N) is 1. The number of hydrogen-bond acceptors (Lipinski definition) is 9. The normalized spacial score (nSPS) is 18.3. The number of allylic oxidation sites excluding steroid dienone is 3. The van der Waals surface area contributed by atoms with Crippen LogP contribution in [0.5, 0.6) is 11.5 Å². The molecule has 210 valence electrons. The second-order valence-electron chi connectivity index (χ2n) is 9.36. The molecule has 3 N–H and O–H groups in total. The van der Waals surface area contributed by atoms with Gasteiger partial charge in [-0.15, -0.1) is 0 Å². The Labute approximate surface area is 244 Å². The minimum Gasteiger partial charge on any atom is -0.455 e. The Hall–Kier alpha value is -3.90. The molecule has 13 heteroatoms. The van der Waals surface area contributed by atoms with E-state index in [1.807, 2.05) is 0 Å². The summed E-state index contributed by atoms with van der Waals surface area (Å²) in [7, 11) is 3.05. The van der Waals surface area contributed by atoms with Crippen molar-refractivity contribution in [1.82, 2.24) is 0 Å². The number of nitrogen functional groups attached to an aromatic ring is 1. The second-order valence-corrected chi connectivity index (χ2v) is 14.9. The number of hydrogen-bond donors (Lipinski definition) is 2. The zero-order valence-corrected chi connectivity index (χ0v) is 24.2. The summed E-state index contributed by atoms with van der Waals surface area (Å²) in [4.78, 5) is 27.1. The van der Waals surface area contributed by atoms with Crippen molar-refractivity contribution in [2.24, 2.45) is 0 Å². The van der Waals surface area contributed by atoms with Gasteiger partial charge >= 0.3 is 0 Å². The van der Waals surface area contributed by atoms with E-state index in [2.05, 4.69) is 5.32 Å². The van der Waals surface area contributed by atoms with E-state index in [0.717, 1.165) is 0 Å². The molecule has 0 heterocycles. The van der Waals surface area contributed by atoms with E-state index in [1.165, 1.54) is 67.6 Å². The van der Waals surface area contributed by atoms with Gasteiger partial charge in [0.05, 0.1) is 27.4 Å². The maximum absolute atomic E-state index is 13.7. The Bertz CT molecular complexity index is 1950. The highest BCUT2D eigenvalue weighted by atomic mass is 35.7. The van der Waals surface area contributed by atoms with Crippen molar-refractivity contribution in [3.05, 3.63) is 113 Å². The summed E-state index contributed by atoms with van der Waals surface area (Å²) in [6.07, 6.45) is 7.34. The summed E-state index contributed by atoms with van der Waals surface area (Å²) in [5, 5.41) is 3.08. The number of carbonyl (C=O) groups is 2. The number of anilines is 2. The molecule has 0 spiro atoms. The van der Waals surface area contributed by atoms with Crippen LogP contribution in [0.25, 0.3) is 0 Å². The van der Waals surface area contributed by atoms with E-state index in [1.54, 1.807) is 24.3 Å². The number of carbonyl (C=O) groups excluding carboxylic acids is 2. The van der Waals surface area contributed by atoms with Gasteiger partial charge in [-0.05, 0) is 43.3 Å². The molecule has 0 saturated carbocycles. The average Bonchev–Trinajstić information content (AvgIpc) is 3.10. The number of halogens is 2. The van der Waals surface area contributed by atoms with Gasteiger partial charge in [0.1, 0.15) is 10.5 Å². The van der Waals surface area contributed by atoms with Crippen LogP contribution in [-0.2, 0) is 18.1 Å².